The van der Waals surface area contributed by atoms with Crippen LogP contribution >= 0.6 is 0 Å². The van der Waals surface area contributed by atoms with Crippen LogP contribution in [0.2, 0.25) is 0 Å². The fraction of sp³-hybridized carbons (Fsp3) is 0.545. The van der Waals surface area contributed by atoms with Crippen LogP contribution in [0, 0.1) is 0 Å². The van der Waals surface area contributed by atoms with Gasteiger partial charge in [0.1, 0.15) is 12.1 Å². The summed E-state index contributed by atoms with van der Waals surface area (Å²) in [5, 5.41) is 7.76. The molecule has 1 aromatic rings. The molecule has 2 fully saturated rings. The molecule has 3 heterocycles. The highest BCUT2D eigenvalue weighted by Gasteiger charge is 2.46. The number of nitrogens with one attached hydrogen (secondary N) is 3. The van der Waals surface area contributed by atoms with Crippen molar-refractivity contribution in [3.63, 3.8) is 0 Å². The van der Waals surface area contributed by atoms with Crippen molar-refractivity contribution in [3.8, 4) is 0 Å². The Bertz CT molecular complexity index is 975. The van der Waals surface area contributed by atoms with Gasteiger partial charge in [-0.1, -0.05) is 18.6 Å². The first-order valence-electron chi connectivity index (χ1n) is 11.0. The van der Waals surface area contributed by atoms with Crippen molar-refractivity contribution >= 4 is 23.6 Å². The number of carbonyl (C=O) groups is 4. The number of halogens is 3. The van der Waals surface area contributed by atoms with E-state index in [1.165, 1.54) is 18.2 Å². The van der Waals surface area contributed by atoms with Crippen LogP contribution in [0.3, 0.4) is 0 Å². The van der Waals surface area contributed by atoms with E-state index >= 15 is 0 Å². The quantitative estimate of drug-likeness (QED) is 0.551. The summed E-state index contributed by atoms with van der Waals surface area (Å²) in [4.78, 5) is 50.4. The van der Waals surface area contributed by atoms with Gasteiger partial charge in [-0.15, -0.1) is 0 Å². The van der Waals surface area contributed by atoms with E-state index in [-0.39, 0.29) is 48.5 Å². The lowest BCUT2D eigenvalue weighted by atomic mass is 9.97. The monoisotopic (exact) mass is 466 g/mol. The topological polar surface area (TPSA) is 108 Å². The Hall–Kier alpha value is -2.79. The first kappa shape index (κ1) is 23.4. The highest BCUT2D eigenvalue weighted by Crippen LogP contribution is 2.31. The van der Waals surface area contributed by atoms with E-state index in [1.54, 1.807) is 0 Å². The average Bonchev–Trinajstić information content (AvgIpc) is 3.02. The lowest BCUT2D eigenvalue weighted by molar-refractivity contribution is -0.159. The molecule has 11 heteroatoms. The summed E-state index contributed by atoms with van der Waals surface area (Å²) in [5.41, 5.74) is 0.296. The lowest BCUT2D eigenvalue weighted by Crippen LogP contribution is -2.54. The molecule has 2 saturated heterocycles. The minimum Gasteiger partial charge on any atom is -0.314 e. The standard InChI is InChI=1S/C22H25F3N4O4/c23-22(24,25)16(10-13-5-1-2-9-26-13)27-11-12-4-3-6-14-18(12)21(33)29(20(14)32)15-7-8-17(30)28-19(15)31/h3-4,6,13,15-16,26-27H,1-2,5,7-11H2,(H,28,30,31). The van der Waals surface area contributed by atoms with Crippen molar-refractivity contribution in [2.24, 2.45) is 0 Å². The number of piperidine rings is 2. The molecule has 3 atom stereocenters. The highest BCUT2D eigenvalue weighted by molar-refractivity contribution is 6.24. The molecule has 0 spiro atoms. The van der Waals surface area contributed by atoms with Gasteiger partial charge in [0, 0.05) is 19.0 Å². The van der Waals surface area contributed by atoms with Crippen LogP contribution in [0.25, 0.3) is 0 Å². The number of imide groups is 2. The molecule has 4 amide bonds. The van der Waals surface area contributed by atoms with Gasteiger partial charge in [-0.2, -0.15) is 13.2 Å². The van der Waals surface area contributed by atoms with Crippen molar-refractivity contribution in [2.75, 3.05) is 6.54 Å². The summed E-state index contributed by atoms with van der Waals surface area (Å²) in [7, 11) is 0. The summed E-state index contributed by atoms with van der Waals surface area (Å²) in [6.45, 7) is 0.427. The van der Waals surface area contributed by atoms with Gasteiger partial charge in [-0.05, 0) is 43.9 Å². The third-order valence-electron chi connectivity index (χ3n) is 6.42. The van der Waals surface area contributed by atoms with Crippen molar-refractivity contribution in [2.45, 2.75) is 69.4 Å². The maximum absolute atomic E-state index is 13.7. The van der Waals surface area contributed by atoms with E-state index < -0.39 is 41.9 Å². The number of amides is 4. The normalized spacial score (nSPS) is 24.6. The lowest BCUT2D eigenvalue weighted by Gasteiger charge is -2.30. The summed E-state index contributed by atoms with van der Waals surface area (Å²) in [6.07, 6.45) is -2.13. The molecular weight excluding hydrogens is 441 g/mol. The number of nitrogens with zero attached hydrogens (tertiary/aromatic N) is 1. The zero-order chi connectivity index (χ0) is 23.8. The number of carbonyl (C=O) groups excluding carboxylic acids is 4. The van der Waals surface area contributed by atoms with Crippen LogP contribution in [0.4, 0.5) is 13.2 Å². The van der Waals surface area contributed by atoms with Crippen LogP contribution in [0.1, 0.15) is 64.8 Å². The van der Waals surface area contributed by atoms with Crippen LogP contribution in [-0.2, 0) is 16.1 Å². The third kappa shape index (κ3) is 4.79. The molecule has 178 valence electrons. The summed E-state index contributed by atoms with van der Waals surface area (Å²) in [6, 6.07) is 1.26. The van der Waals surface area contributed by atoms with Gasteiger partial charge < -0.3 is 10.6 Å². The maximum Gasteiger partial charge on any atom is 0.403 e. The highest BCUT2D eigenvalue weighted by atomic mass is 19.4. The molecule has 3 unspecified atom stereocenters. The van der Waals surface area contributed by atoms with Gasteiger partial charge in [0.2, 0.25) is 11.8 Å². The summed E-state index contributed by atoms with van der Waals surface area (Å²) >= 11 is 0. The Morgan fingerprint density at radius 1 is 1.09 bits per heavy atom. The predicted molar refractivity (Wildman–Crippen MR) is 110 cm³/mol. The molecule has 0 radical (unpaired) electrons. The van der Waals surface area contributed by atoms with Gasteiger partial charge in [0.15, 0.2) is 0 Å². The fourth-order valence-electron chi connectivity index (χ4n) is 4.71. The van der Waals surface area contributed by atoms with E-state index in [2.05, 4.69) is 16.0 Å². The molecule has 3 aliphatic rings. The van der Waals surface area contributed by atoms with Crippen LogP contribution in [0.15, 0.2) is 18.2 Å². The SMILES string of the molecule is O=C1CCC(N2C(=O)c3cccc(CNC(CC4CCCCN4)C(F)(F)F)c3C2=O)C(=O)N1. The average molecular weight is 466 g/mol. The number of hydrogen-bond donors (Lipinski definition) is 3. The maximum atomic E-state index is 13.7. The molecule has 0 saturated carbocycles. The molecule has 4 rings (SSSR count). The van der Waals surface area contributed by atoms with E-state index in [4.69, 9.17) is 0 Å². The fourth-order valence-corrected chi connectivity index (χ4v) is 4.71. The Morgan fingerprint density at radius 3 is 2.55 bits per heavy atom. The summed E-state index contributed by atoms with van der Waals surface area (Å²) < 4.78 is 41.0. The van der Waals surface area contributed by atoms with Crippen LogP contribution in [0.5, 0.6) is 0 Å². The molecule has 0 bridgehead atoms. The minimum atomic E-state index is -4.48. The summed E-state index contributed by atoms with van der Waals surface area (Å²) in [5.74, 6) is -2.65. The zero-order valence-electron chi connectivity index (χ0n) is 17.8. The van der Waals surface area contributed by atoms with Gasteiger partial charge >= 0.3 is 6.18 Å². The minimum absolute atomic E-state index is 0.00332. The predicted octanol–water partition coefficient (Wildman–Crippen LogP) is 1.64. The number of benzene rings is 1. The molecule has 33 heavy (non-hydrogen) atoms. The Balaban J connectivity index is 1.52. The molecule has 0 aliphatic carbocycles. The second kappa shape index (κ2) is 9.22. The molecular formula is C22H25F3N4O4. The second-order valence-electron chi connectivity index (χ2n) is 8.64. The largest absolute Gasteiger partial charge is 0.403 e. The first-order chi connectivity index (χ1) is 15.7. The van der Waals surface area contributed by atoms with E-state index in [0.29, 0.717) is 13.0 Å². The second-order valence-corrected chi connectivity index (χ2v) is 8.64. The Labute approximate surface area is 188 Å². The third-order valence-corrected chi connectivity index (χ3v) is 6.42. The van der Waals surface area contributed by atoms with E-state index in [1.807, 2.05) is 0 Å². The number of alkyl halides is 3. The molecule has 3 aliphatic heterocycles. The van der Waals surface area contributed by atoms with Gasteiger partial charge in [-0.25, -0.2) is 0 Å². The van der Waals surface area contributed by atoms with Crippen molar-refractivity contribution < 1.29 is 32.3 Å². The smallest absolute Gasteiger partial charge is 0.314 e. The van der Waals surface area contributed by atoms with E-state index in [0.717, 1.165) is 17.7 Å². The van der Waals surface area contributed by atoms with Gasteiger partial charge in [-0.3, -0.25) is 29.4 Å². The Morgan fingerprint density at radius 2 is 1.88 bits per heavy atom. The Kier molecular flexibility index (Phi) is 6.53. The van der Waals surface area contributed by atoms with Gasteiger partial charge in [0.25, 0.3) is 11.8 Å². The van der Waals surface area contributed by atoms with Crippen LogP contribution in [-0.4, -0.2) is 59.4 Å². The number of fused-ring (bicyclic) bond motifs is 1. The van der Waals surface area contributed by atoms with E-state index in [9.17, 15) is 32.3 Å². The molecule has 0 aromatic heterocycles. The zero-order valence-corrected chi connectivity index (χ0v) is 17.8. The molecule has 1 aromatic carbocycles. The molecule has 3 N–H and O–H groups in total. The van der Waals surface area contributed by atoms with Crippen molar-refractivity contribution in [1.82, 2.24) is 20.9 Å². The number of rotatable bonds is 6. The first-order valence-corrected chi connectivity index (χ1v) is 11.0. The molecule has 8 nitrogen and oxygen atoms in total. The number of hydrogen-bond acceptors (Lipinski definition) is 6. The van der Waals surface area contributed by atoms with Gasteiger partial charge in [0.05, 0.1) is 11.1 Å². The van der Waals surface area contributed by atoms with Crippen LogP contribution < -0.4 is 16.0 Å². The van der Waals surface area contributed by atoms with Crippen molar-refractivity contribution in [3.05, 3.63) is 34.9 Å². The van der Waals surface area contributed by atoms with Crippen molar-refractivity contribution in [1.29, 1.82) is 0 Å².